The molecular weight excluding hydrogens is 340 g/mol. The number of likely N-dealkylation sites (tertiary alicyclic amines) is 1. The Hall–Kier alpha value is -2.63. The van der Waals surface area contributed by atoms with E-state index in [1.165, 1.54) is 11.1 Å². The molecule has 5 rings (SSSR count). The van der Waals surface area contributed by atoms with Gasteiger partial charge in [-0.25, -0.2) is 0 Å². The molecule has 0 N–H and O–H groups in total. The largest absolute Gasteiger partial charge is 0.337 e. The highest BCUT2D eigenvalue weighted by molar-refractivity contribution is 5.88. The van der Waals surface area contributed by atoms with Gasteiger partial charge >= 0.3 is 0 Å². The summed E-state index contributed by atoms with van der Waals surface area (Å²) in [5.74, 6) is 0.370. The number of aryl methyl sites for hydroxylation is 1. The molecule has 6 nitrogen and oxygen atoms in total. The van der Waals surface area contributed by atoms with Gasteiger partial charge in [-0.05, 0) is 43.4 Å². The molecule has 0 spiro atoms. The van der Waals surface area contributed by atoms with E-state index in [0.717, 1.165) is 25.0 Å². The van der Waals surface area contributed by atoms with Crippen LogP contribution in [0.5, 0.6) is 0 Å². The Labute approximate surface area is 158 Å². The standard InChI is InChI=1S/C21H24N4O2/c1-14-8-9-22-24(14)13-20(26)23-11-16-6-7-17(12-23)25(16)21(27)19-10-15-4-2-3-5-18(15)19/h2-5,8-9,16-17,19H,6-7,10-13H2,1H3. The molecule has 2 bridgehead atoms. The third-order valence-electron chi connectivity index (χ3n) is 6.46. The maximum absolute atomic E-state index is 13.2. The Balaban J connectivity index is 1.27. The Kier molecular flexibility index (Phi) is 3.81. The van der Waals surface area contributed by atoms with Crippen molar-refractivity contribution in [2.75, 3.05) is 13.1 Å². The van der Waals surface area contributed by atoms with Crippen molar-refractivity contribution < 1.29 is 9.59 Å². The third kappa shape index (κ3) is 2.66. The first-order chi connectivity index (χ1) is 13.1. The van der Waals surface area contributed by atoms with Crippen LogP contribution in [-0.4, -0.2) is 56.6 Å². The summed E-state index contributed by atoms with van der Waals surface area (Å²) in [6.45, 7) is 3.53. The molecule has 0 saturated carbocycles. The SMILES string of the molecule is Cc1ccnn1CC(=O)N1CC2CCC(C1)N2C(=O)C1Cc2ccccc21. The first-order valence-corrected chi connectivity index (χ1v) is 9.78. The van der Waals surface area contributed by atoms with E-state index in [0.29, 0.717) is 13.1 Å². The predicted molar refractivity (Wildman–Crippen MR) is 100 cm³/mol. The number of hydrogen-bond donors (Lipinski definition) is 0. The van der Waals surface area contributed by atoms with Gasteiger partial charge in [0.15, 0.2) is 0 Å². The molecule has 27 heavy (non-hydrogen) atoms. The van der Waals surface area contributed by atoms with E-state index < -0.39 is 0 Å². The number of piperazine rings is 1. The van der Waals surface area contributed by atoms with E-state index in [1.54, 1.807) is 10.9 Å². The van der Waals surface area contributed by atoms with Crippen LogP contribution in [0.3, 0.4) is 0 Å². The molecular formula is C21H24N4O2. The fourth-order valence-corrected chi connectivity index (χ4v) is 4.92. The highest BCUT2D eigenvalue weighted by Gasteiger charge is 2.47. The lowest BCUT2D eigenvalue weighted by Crippen LogP contribution is -2.59. The van der Waals surface area contributed by atoms with Crippen LogP contribution in [0.15, 0.2) is 36.5 Å². The highest BCUT2D eigenvalue weighted by atomic mass is 16.2. The number of hydrogen-bond acceptors (Lipinski definition) is 3. The van der Waals surface area contributed by atoms with E-state index in [2.05, 4.69) is 22.1 Å². The summed E-state index contributed by atoms with van der Waals surface area (Å²) in [5.41, 5.74) is 3.48. The molecule has 2 aromatic rings. The number of benzene rings is 1. The number of fused-ring (bicyclic) bond motifs is 3. The zero-order valence-electron chi connectivity index (χ0n) is 15.5. The van der Waals surface area contributed by atoms with Crippen LogP contribution in [0.4, 0.5) is 0 Å². The molecule has 0 radical (unpaired) electrons. The summed E-state index contributed by atoms with van der Waals surface area (Å²) in [5, 5.41) is 4.22. The lowest BCUT2D eigenvalue weighted by atomic mass is 9.76. The van der Waals surface area contributed by atoms with Gasteiger partial charge in [-0.15, -0.1) is 0 Å². The van der Waals surface area contributed by atoms with Crippen molar-refractivity contribution in [3.05, 3.63) is 53.3 Å². The second-order valence-corrected chi connectivity index (χ2v) is 8.01. The number of aromatic nitrogens is 2. The molecule has 1 aliphatic carbocycles. The minimum absolute atomic E-state index is 0.0123. The van der Waals surface area contributed by atoms with Crippen LogP contribution in [0.25, 0.3) is 0 Å². The summed E-state index contributed by atoms with van der Waals surface area (Å²) >= 11 is 0. The van der Waals surface area contributed by atoms with E-state index in [4.69, 9.17) is 0 Å². The fourth-order valence-electron chi connectivity index (χ4n) is 4.92. The summed E-state index contributed by atoms with van der Waals surface area (Å²) < 4.78 is 1.74. The van der Waals surface area contributed by atoms with E-state index >= 15 is 0 Å². The monoisotopic (exact) mass is 364 g/mol. The van der Waals surface area contributed by atoms with Crippen molar-refractivity contribution in [3.8, 4) is 0 Å². The summed E-state index contributed by atoms with van der Waals surface area (Å²) in [7, 11) is 0. The lowest BCUT2D eigenvalue weighted by Gasteiger charge is -2.44. The average molecular weight is 364 g/mol. The molecule has 2 aliphatic heterocycles. The molecule has 3 unspecified atom stereocenters. The van der Waals surface area contributed by atoms with Crippen molar-refractivity contribution >= 4 is 11.8 Å². The zero-order valence-corrected chi connectivity index (χ0v) is 15.5. The maximum atomic E-state index is 13.2. The summed E-state index contributed by atoms with van der Waals surface area (Å²) in [4.78, 5) is 30.0. The highest BCUT2D eigenvalue weighted by Crippen LogP contribution is 2.40. The number of carbonyl (C=O) groups is 2. The second-order valence-electron chi connectivity index (χ2n) is 8.01. The molecule has 140 valence electrons. The Bertz CT molecular complexity index is 891. The Morgan fingerprint density at radius 1 is 1.11 bits per heavy atom. The Morgan fingerprint density at radius 2 is 1.85 bits per heavy atom. The van der Waals surface area contributed by atoms with Crippen LogP contribution >= 0.6 is 0 Å². The molecule has 3 heterocycles. The van der Waals surface area contributed by atoms with Gasteiger partial charge in [0, 0.05) is 37.1 Å². The van der Waals surface area contributed by atoms with Crippen LogP contribution in [0, 0.1) is 6.92 Å². The molecule has 3 aliphatic rings. The lowest BCUT2D eigenvalue weighted by molar-refractivity contribution is -0.145. The first-order valence-electron chi connectivity index (χ1n) is 9.78. The van der Waals surface area contributed by atoms with Gasteiger partial charge < -0.3 is 9.80 Å². The smallest absolute Gasteiger partial charge is 0.244 e. The van der Waals surface area contributed by atoms with Gasteiger partial charge in [-0.1, -0.05) is 24.3 Å². The van der Waals surface area contributed by atoms with Gasteiger partial charge in [-0.3, -0.25) is 14.3 Å². The van der Waals surface area contributed by atoms with Crippen LogP contribution in [0.2, 0.25) is 0 Å². The number of carbonyl (C=O) groups excluding carboxylic acids is 2. The van der Waals surface area contributed by atoms with E-state index in [1.807, 2.05) is 30.0 Å². The quantitative estimate of drug-likeness (QED) is 0.833. The normalized spacial score (nSPS) is 25.9. The number of rotatable bonds is 3. The summed E-state index contributed by atoms with van der Waals surface area (Å²) in [6.07, 6.45) is 4.57. The molecule has 2 saturated heterocycles. The molecule has 3 atom stereocenters. The van der Waals surface area contributed by atoms with E-state index in [9.17, 15) is 9.59 Å². The molecule has 6 heteroatoms. The molecule has 1 aromatic carbocycles. The van der Waals surface area contributed by atoms with Gasteiger partial charge in [0.2, 0.25) is 11.8 Å². The van der Waals surface area contributed by atoms with Crippen molar-refractivity contribution in [2.24, 2.45) is 0 Å². The first kappa shape index (κ1) is 16.5. The molecule has 2 amide bonds. The maximum Gasteiger partial charge on any atom is 0.244 e. The van der Waals surface area contributed by atoms with Gasteiger partial charge in [0.25, 0.3) is 0 Å². The zero-order chi connectivity index (χ0) is 18.5. The third-order valence-corrected chi connectivity index (χ3v) is 6.46. The second kappa shape index (κ2) is 6.22. The van der Waals surface area contributed by atoms with Crippen molar-refractivity contribution in [3.63, 3.8) is 0 Å². The van der Waals surface area contributed by atoms with Crippen LogP contribution < -0.4 is 0 Å². The van der Waals surface area contributed by atoms with Crippen molar-refractivity contribution in [1.82, 2.24) is 19.6 Å². The van der Waals surface area contributed by atoms with Gasteiger partial charge in [0.05, 0.1) is 5.92 Å². The van der Waals surface area contributed by atoms with Gasteiger partial charge in [-0.2, -0.15) is 5.10 Å². The number of amides is 2. The summed E-state index contributed by atoms with van der Waals surface area (Å²) in [6, 6.07) is 10.5. The fraction of sp³-hybridized carbons (Fsp3) is 0.476. The Morgan fingerprint density at radius 3 is 2.52 bits per heavy atom. The predicted octanol–water partition coefficient (Wildman–Crippen LogP) is 1.73. The number of nitrogens with zero attached hydrogens (tertiary/aromatic N) is 4. The van der Waals surface area contributed by atoms with Crippen LogP contribution in [-0.2, 0) is 22.6 Å². The van der Waals surface area contributed by atoms with Gasteiger partial charge in [0.1, 0.15) is 6.54 Å². The molecule has 1 aromatic heterocycles. The minimum Gasteiger partial charge on any atom is -0.337 e. The van der Waals surface area contributed by atoms with E-state index in [-0.39, 0.29) is 36.4 Å². The average Bonchev–Trinajstić information content (AvgIpc) is 3.15. The van der Waals surface area contributed by atoms with Crippen molar-refractivity contribution in [1.29, 1.82) is 0 Å². The van der Waals surface area contributed by atoms with Crippen molar-refractivity contribution in [2.45, 2.75) is 50.7 Å². The van der Waals surface area contributed by atoms with Crippen LogP contribution in [0.1, 0.15) is 35.6 Å². The molecule has 2 fully saturated rings. The minimum atomic E-state index is 0.0123. The topological polar surface area (TPSA) is 58.4 Å².